The van der Waals surface area contributed by atoms with Crippen molar-refractivity contribution in [3.8, 4) is 0 Å². The number of nitrogens with zero attached hydrogens (tertiary/aromatic N) is 2. The summed E-state index contributed by atoms with van der Waals surface area (Å²) in [6, 6.07) is 0.409. The Hall–Kier alpha value is -0.610. The van der Waals surface area contributed by atoms with Gasteiger partial charge in [-0.15, -0.1) is 0 Å². The fraction of sp³-hybridized carbons (Fsp3) is 0.929. The largest absolute Gasteiger partial charge is 0.323 e. The highest BCUT2D eigenvalue weighted by molar-refractivity contribution is 5.84. The molecule has 0 aromatic rings. The van der Waals surface area contributed by atoms with Crippen LogP contribution in [-0.4, -0.2) is 54.1 Å². The fourth-order valence-electron chi connectivity index (χ4n) is 3.45. The normalized spacial score (nSPS) is 38.8. The highest BCUT2D eigenvalue weighted by Gasteiger charge is 2.43. The van der Waals surface area contributed by atoms with Crippen molar-refractivity contribution in [1.82, 2.24) is 15.1 Å². The first-order valence-corrected chi connectivity index (χ1v) is 7.18. The summed E-state index contributed by atoms with van der Waals surface area (Å²) >= 11 is 0. The minimum Gasteiger partial charge on any atom is -0.323 e. The Morgan fingerprint density at radius 1 is 1.33 bits per heavy atom. The maximum atomic E-state index is 12.5. The molecule has 0 aromatic heterocycles. The molecule has 4 unspecified atom stereocenters. The van der Waals surface area contributed by atoms with Gasteiger partial charge in [0.2, 0.25) is 5.91 Å². The van der Waals surface area contributed by atoms with Gasteiger partial charge in [-0.05, 0) is 38.8 Å². The molecule has 4 nitrogen and oxygen atoms in total. The Balaban J connectivity index is 2.11. The van der Waals surface area contributed by atoms with E-state index in [0.717, 1.165) is 19.5 Å². The lowest BCUT2D eigenvalue weighted by molar-refractivity contribution is -0.134. The van der Waals surface area contributed by atoms with Crippen LogP contribution in [0.2, 0.25) is 0 Å². The van der Waals surface area contributed by atoms with Crippen molar-refractivity contribution in [3.63, 3.8) is 0 Å². The lowest BCUT2D eigenvalue weighted by Crippen LogP contribution is -2.52. The molecule has 0 bridgehead atoms. The molecular formula is C14H27N3O. The molecule has 18 heavy (non-hydrogen) atoms. The highest BCUT2D eigenvalue weighted by Crippen LogP contribution is 2.27. The summed E-state index contributed by atoms with van der Waals surface area (Å²) in [6.07, 6.45) is 1.28. The number of nitrogens with one attached hydrogen (secondary N) is 1. The number of hydrogen-bond acceptors (Lipinski definition) is 3. The summed E-state index contributed by atoms with van der Waals surface area (Å²) in [7, 11) is 2.16. The number of likely N-dealkylation sites (tertiary alicyclic amines) is 1. The van der Waals surface area contributed by atoms with E-state index in [-0.39, 0.29) is 12.2 Å². The third-order valence-corrected chi connectivity index (χ3v) is 4.45. The Bertz CT molecular complexity index is 318. The van der Waals surface area contributed by atoms with E-state index in [1.807, 2.05) is 0 Å². The van der Waals surface area contributed by atoms with Crippen molar-refractivity contribution in [1.29, 1.82) is 0 Å². The molecule has 2 rings (SSSR count). The standard InChI is InChI=1S/C14H27N3O/c1-9(2)13-14(18)17(11(4)15-13)12-6-7-16(5)8-10(12)3/h9-13,15H,6-8H2,1-5H3. The zero-order valence-corrected chi connectivity index (χ0v) is 12.3. The van der Waals surface area contributed by atoms with Gasteiger partial charge < -0.3 is 9.80 Å². The van der Waals surface area contributed by atoms with E-state index in [1.165, 1.54) is 0 Å². The molecule has 2 fully saturated rings. The molecule has 2 aliphatic heterocycles. The molecule has 0 aliphatic carbocycles. The Morgan fingerprint density at radius 3 is 2.50 bits per heavy atom. The second-order valence-corrected chi connectivity index (χ2v) is 6.41. The number of carbonyl (C=O) groups excluding carboxylic acids is 1. The predicted octanol–water partition coefficient (Wildman–Crippen LogP) is 1.13. The zero-order valence-electron chi connectivity index (χ0n) is 12.3. The maximum Gasteiger partial charge on any atom is 0.241 e. The highest BCUT2D eigenvalue weighted by atomic mass is 16.2. The average Bonchev–Trinajstić information content (AvgIpc) is 2.56. The third kappa shape index (κ3) is 2.41. The van der Waals surface area contributed by atoms with Gasteiger partial charge in [-0.3, -0.25) is 10.1 Å². The van der Waals surface area contributed by atoms with Crippen LogP contribution < -0.4 is 5.32 Å². The second-order valence-electron chi connectivity index (χ2n) is 6.41. The number of carbonyl (C=O) groups is 1. The topological polar surface area (TPSA) is 35.6 Å². The first-order valence-electron chi connectivity index (χ1n) is 7.18. The van der Waals surface area contributed by atoms with Crippen LogP contribution in [0.25, 0.3) is 0 Å². The van der Waals surface area contributed by atoms with Crippen molar-refractivity contribution < 1.29 is 4.79 Å². The van der Waals surface area contributed by atoms with E-state index in [0.29, 0.717) is 23.8 Å². The van der Waals surface area contributed by atoms with Gasteiger partial charge in [-0.2, -0.15) is 0 Å². The van der Waals surface area contributed by atoms with Crippen LogP contribution in [0.4, 0.5) is 0 Å². The summed E-state index contributed by atoms with van der Waals surface area (Å²) in [6.45, 7) is 10.8. The van der Waals surface area contributed by atoms with Gasteiger partial charge in [0.25, 0.3) is 0 Å². The summed E-state index contributed by atoms with van der Waals surface area (Å²) in [4.78, 5) is 17.0. The van der Waals surface area contributed by atoms with E-state index in [2.05, 4.69) is 49.9 Å². The molecule has 0 spiro atoms. The van der Waals surface area contributed by atoms with Gasteiger partial charge in [-0.1, -0.05) is 20.8 Å². The van der Waals surface area contributed by atoms with Crippen molar-refractivity contribution in [3.05, 3.63) is 0 Å². The summed E-state index contributed by atoms with van der Waals surface area (Å²) in [5.74, 6) is 1.23. The van der Waals surface area contributed by atoms with Gasteiger partial charge in [-0.25, -0.2) is 0 Å². The Kier molecular flexibility index (Phi) is 3.97. The van der Waals surface area contributed by atoms with Gasteiger partial charge in [0, 0.05) is 12.6 Å². The summed E-state index contributed by atoms with van der Waals surface area (Å²) in [5.41, 5.74) is 0. The molecule has 2 saturated heterocycles. The van der Waals surface area contributed by atoms with Crippen LogP contribution in [0.15, 0.2) is 0 Å². The smallest absolute Gasteiger partial charge is 0.241 e. The maximum absolute atomic E-state index is 12.5. The van der Waals surface area contributed by atoms with Crippen molar-refractivity contribution in [2.75, 3.05) is 20.1 Å². The van der Waals surface area contributed by atoms with Gasteiger partial charge >= 0.3 is 0 Å². The molecule has 4 atom stereocenters. The monoisotopic (exact) mass is 253 g/mol. The van der Waals surface area contributed by atoms with Crippen LogP contribution in [-0.2, 0) is 4.79 Å². The minimum atomic E-state index is 0.00635. The van der Waals surface area contributed by atoms with Crippen molar-refractivity contribution >= 4 is 5.91 Å². The first kappa shape index (κ1) is 13.8. The van der Waals surface area contributed by atoms with Gasteiger partial charge in [0.1, 0.15) is 0 Å². The molecule has 4 heteroatoms. The molecule has 0 radical (unpaired) electrons. The molecule has 104 valence electrons. The van der Waals surface area contributed by atoms with Gasteiger partial charge in [0.15, 0.2) is 0 Å². The zero-order chi connectivity index (χ0) is 13.4. The van der Waals surface area contributed by atoms with Crippen molar-refractivity contribution in [2.24, 2.45) is 11.8 Å². The Labute approximate surface area is 111 Å². The molecule has 1 N–H and O–H groups in total. The van der Waals surface area contributed by atoms with Gasteiger partial charge in [0.05, 0.1) is 12.2 Å². The Morgan fingerprint density at radius 2 is 2.00 bits per heavy atom. The number of piperidine rings is 1. The molecule has 0 saturated carbocycles. The molecule has 1 amide bonds. The lowest BCUT2D eigenvalue weighted by Gasteiger charge is -2.41. The molecule has 2 aliphatic rings. The predicted molar refractivity (Wildman–Crippen MR) is 73.1 cm³/mol. The van der Waals surface area contributed by atoms with E-state index in [9.17, 15) is 4.79 Å². The molecular weight excluding hydrogens is 226 g/mol. The lowest BCUT2D eigenvalue weighted by atomic mass is 9.92. The summed E-state index contributed by atoms with van der Waals surface area (Å²) < 4.78 is 0. The SMILES string of the molecule is CC(C)C1NC(C)N(C2CCN(C)CC2C)C1=O. The average molecular weight is 253 g/mol. The van der Waals surface area contributed by atoms with E-state index < -0.39 is 0 Å². The minimum absolute atomic E-state index is 0.00635. The first-order chi connectivity index (χ1) is 8.41. The van der Waals surface area contributed by atoms with Crippen LogP contribution in [0.5, 0.6) is 0 Å². The molecule has 0 aromatic carbocycles. The van der Waals surface area contributed by atoms with Crippen LogP contribution in [0, 0.1) is 11.8 Å². The van der Waals surface area contributed by atoms with E-state index in [1.54, 1.807) is 0 Å². The fourth-order valence-corrected chi connectivity index (χ4v) is 3.45. The third-order valence-electron chi connectivity index (χ3n) is 4.45. The number of amides is 1. The quantitative estimate of drug-likeness (QED) is 0.801. The molecule has 2 heterocycles. The number of hydrogen-bond donors (Lipinski definition) is 1. The van der Waals surface area contributed by atoms with E-state index >= 15 is 0 Å². The summed E-state index contributed by atoms with van der Waals surface area (Å²) in [5, 5.41) is 3.44. The van der Waals surface area contributed by atoms with Crippen LogP contribution in [0.1, 0.15) is 34.1 Å². The van der Waals surface area contributed by atoms with E-state index in [4.69, 9.17) is 0 Å². The van der Waals surface area contributed by atoms with Crippen molar-refractivity contribution in [2.45, 2.75) is 52.4 Å². The number of rotatable bonds is 2. The van der Waals surface area contributed by atoms with Crippen LogP contribution in [0.3, 0.4) is 0 Å². The van der Waals surface area contributed by atoms with Crippen LogP contribution >= 0.6 is 0 Å². The second kappa shape index (κ2) is 5.17.